The van der Waals surface area contributed by atoms with Crippen LogP contribution in [0, 0.1) is 0 Å². The SMILES string of the molecule is CCn1ncc2c(Nc3ccncc3)c(C3=NOC4(CCC4)C3)cnc21. The number of aromatic nitrogens is 4. The molecule has 3 aromatic heterocycles. The van der Waals surface area contributed by atoms with Crippen molar-refractivity contribution >= 4 is 28.1 Å². The summed E-state index contributed by atoms with van der Waals surface area (Å²) in [4.78, 5) is 14.5. The number of nitrogens with one attached hydrogen (secondary N) is 1. The maximum absolute atomic E-state index is 5.79. The van der Waals surface area contributed by atoms with Crippen LogP contribution in [0.15, 0.2) is 42.1 Å². The highest BCUT2D eigenvalue weighted by Gasteiger charge is 2.45. The molecule has 1 aliphatic carbocycles. The predicted octanol–water partition coefficient (Wildman–Crippen LogP) is 3.64. The molecule has 1 N–H and O–H groups in total. The minimum absolute atomic E-state index is 0.0776. The van der Waals surface area contributed by atoms with Gasteiger partial charge in [0.05, 0.1) is 23.0 Å². The molecular weight excluding hydrogens is 328 g/mol. The summed E-state index contributed by atoms with van der Waals surface area (Å²) in [6.45, 7) is 2.84. The topological polar surface area (TPSA) is 77.2 Å². The van der Waals surface area contributed by atoms with Crippen LogP contribution in [0.3, 0.4) is 0 Å². The zero-order valence-electron chi connectivity index (χ0n) is 14.6. The molecule has 0 radical (unpaired) electrons. The van der Waals surface area contributed by atoms with Gasteiger partial charge in [0.1, 0.15) is 5.60 Å². The van der Waals surface area contributed by atoms with Crippen LogP contribution in [0.5, 0.6) is 0 Å². The highest BCUT2D eigenvalue weighted by molar-refractivity contribution is 6.11. The van der Waals surface area contributed by atoms with Gasteiger partial charge in [-0.3, -0.25) is 4.98 Å². The van der Waals surface area contributed by atoms with Crippen molar-refractivity contribution in [2.24, 2.45) is 5.16 Å². The number of rotatable bonds is 4. The van der Waals surface area contributed by atoms with Crippen molar-refractivity contribution in [2.75, 3.05) is 5.32 Å². The van der Waals surface area contributed by atoms with Crippen molar-refractivity contribution in [3.63, 3.8) is 0 Å². The van der Waals surface area contributed by atoms with Crippen molar-refractivity contribution in [3.8, 4) is 0 Å². The van der Waals surface area contributed by atoms with E-state index in [0.717, 1.165) is 59.5 Å². The number of hydrogen-bond donors (Lipinski definition) is 1. The zero-order chi connectivity index (χ0) is 17.6. The molecule has 1 fully saturated rings. The van der Waals surface area contributed by atoms with E-state index >= 15 is 0 Å². The molecule has 0 amide bonds. The van der Waals surface area contributed by atoms with Crippen molar-refractivity contribution in [2.45, 2.75) is 44.8 Å². The zero-order valence-corrected chi connectivity index (χ0v) is 14.6. The van der Waals surface area contributed by atoms with E-state index in [1.54, 1.807) is 12.4 Å². The van der Waals surface area contributed by atoms with Gasteiger partial charge < -0.3 is 10.2 Å². The molecule has 0 saturated heterocycles. The lowest BCUT2D eigenvalue weighted by atomic mass is 9.76. The van der Waals surface area contributed by atoms with E-state index in [4.69, 9.17) is 4.84 Å². The maximum Gasteiger partial charge on any atom is 0.159 e. The smallest absolute Gasteiger partial charge is 0.159 e. The summed E-state index contributed by atoms with van der Waals surface area (Å²) in [7, 11) is 0. The van der Waals surface area contributed by atoms with Gasteiger partial charge in [0.15, 0.2) is 5.65 Å². The second-order valence-corrected chi connectivity index (χ2v) is 6.95. The molecule has 1 spiro atoms. The van der Waals surface area contributed by atoms with Crippen LogP contribution in [-0.2, 0) is 11.4 Å². The summed E-state index contributed by atoms with van der Waals surface area (Å²) in [5.74, 6) is 0. The lowest BCUT2D eigenvalue weighted by molar-refractivity contribution is -0.0755. The van der Waals surface area contributed by atoms with Crippen LogP contribution in [-0.4, -0.2) is 31.1 Å². The summed E-state index contributed by atoms with van der Waals surface area (Å²) in [6.07, 6.45) is 11.5. The minimum Gasteiger partial charge on any atom is -0.389 e. The number of fused-ring (bicyclic) bond motifs is 1. The fraction of sp³-hybridized carbons (Fsp3) is 0.368. The minimum atomic E-state index is -0.0776. The molecule has 0 atom stereocenters. The molecule has 0 unspecified atom stereocenters. The average Bonchev–Trinajstić information content (AvgIpc) is 3.27. The molecule has 2 aliphatic rings. The molecular formula is C19H20N6O. The van der Waals surface area contributed by atoms with Crippen LogP contribution in [0.25, 0.3) is 11.0 Å². The fourth-order valence-electron chi connectivity index (χ4n) is 3.70. The lowest BCUT2D eigenvalue weighted by Gasteiger charge is -2.34. The third-order valence-corrected chi connectivity index (χ3v) is 5.33. The Bertz CT molecular complexity index is 990. The first-order valence-electron chi connectivity index (χ1n) is 9.05. The molecule has 0 aromatic carbocycles. The molecule has 5 rings (SSSR count). The highest BCUT2D eigenvalue weighted by atomic mass is 16.7. The second-order valence-electron chi connectivity index (χ2n) is 6.95. The third kappa shape index (κ3) is 2.34. The molecule has 4 heterocycles. The Labute approximate surface area is 151 Å². The molecule has 3 aromatic rings. The summed E-state index contributed by atoms with van der Waals surface area (Å²) in [5, 5.41) is 13.4. The molecule has 7 nitrogen and oxygen atoms in total. The van der Waals surface area contributed by atoms with Gasteiger partial charge in [0.25, 0.3) is 0 Å². The fourth-order valence-corrected chi connectivity index (χ4v) is 3.70. The van der Waals surface area contributed by atoms with Crippen LogP contribution in [0.4, 0.5) is 11.4 Å². The quantitative estimate of drug-likeness (QED) is 0.779. The standard InChI is InChI=1S/C19H20N6O/c1-2-25-18-15(12-22-25)17(23-13-4-8-20-9-5-13)14(11-21-18)16-10-19(26-24-16)6-3-7-19/h4-5,8-9,11-12H,2-3,6-7,10H2,1H3,(H,20,21,23). The van der Waals surface area contributed by atoms with Crippen molar-refractivity contribution < 1.29 is 4.84 Å². The Morgan fingerprint density at radius 3 is 2.77 bits per heavy atom. The van der Waals surface area contributed by atoms with Gasteiger partial charge in [-0.05, 0) is 38.3 Å². The molecule has 1 aliphatic heterocycles. The number of aryl methyl sites for hydroxylation is 1. The van der Waals surface area contributed by atoms with Crippen molar-refractivity contribution in [1.29, 1.82) is 0 Å². The summed E-state index contributed by atoms with van der Waals surface area (Å²) in [5.41, 5.74) is 4.67. The molecule has 26 heavy (non-hydrogen) atoms. The van der Waals surface area contributed by atoms with Crippen LogP contribution in [0.1, 0.15) is 38.2 Å². The van der Waals surface area contributed by atoms with E-state index in [-0.39, 0.29) is 5.60 Å². The van der Waals surface area contributed by atoms with Gasteiger partial charge in [-0.1, -0.05) is 5.16 Å². The summed E-state index contributed by atoms with van der Waals surface area (Å²) >= 11 is 0. The molecule has 0 bridgehead atoms. The first-order chi connectivity index (χ1) is 12.8. The second kappa shape index (κ2) is 5.79. The van der Waals surface area contributed by atoms with Gasteiger partial charge in [0, 0.05) is 42.8 Å². The summed E-state index contributed by atoms with van der Waals surface area (Å²) in [6, 6.07) is 3.89. The number of pyridine rings is 2. The first-order valence-corrected chi connectivity index (χ1v) is 9.05. The average molecular weight is 348 g/mol. The Balaban J connectivity index is 1.61. The molecule has 7 heteroatoms. The normalized spacial score (nSPS) is 17.8. The van der Waals surface area contributed by atoms with E-state index in [1.165, 1.54) is 6.42 Å². The van der Waals surface area contributed by atoms with Gasteiger partial charge in [0.2, 0.25) is 0 Å². The third-order valence-electron chi connectivity index (χ3n) is 5.33. The molecule has 132 valence electrons. The highest BCUT2D eigenvalue weighted by Crippen LogP contribution is 2.44. The van der Waals surface area contributed by atoms with E-state index in [2.05, 4.69) is 32.5 Å². The van der Waals surface area contributed by atoms with Gasteiger partial charge >= 0.3 is 0 Å². The van der Waals surface area contributed by atoms with E-state index in [1.807, 2.05) is 29.2 Å². The van der Waals surface area contributed by atoms with E-state index < -0.39 is 0 Å². The van der Waals surface area contributed by atoms with Crippen LogP contribution >= 0.6 is 0 Å². The van der Waals surface area contributed by atoms with Gasteiger partial charge in [-0.15, -0.1) is 0 Å². The number of oxime groups is 1. The lowest BCUT2D eigenvalue weighted by Crippen LogP contribution is -2.36. The Hall–Kier alpha value is -2.96. The Morgan fingerprint density at radius 1 is 1.23 bits per heavy atom. The number of nitrogens with zero attached hydrogens (tertiary/aromatic N) is 5. The predicted molar refractivity (Wildman–Crippen MR) is 99.5 cm³/mol. The van der Waals surface area contributed by atoms with Crippen LogP contribution in [0.2, 0.25) is 0 Å². The summed E-state index contributed by atoms with van der Waals surface area (Å²) < 4.78 is 1.90. The monoisotopic (exact) mass is 348 g/mol. The first kappa shape index (κ1) is 15.3. The van der Waals surface area contributed by atoms with Crippen molar-refractivity contribution in [3.05, 3.63) is 42.5 Å². The molecule has 1 saturated carbocycles. The Morgan fingerprint density at radius 2 is 2.08 bits per heavy atom. The Kier molecular flexibility index (Phi) is 3.41. The van der Waals surface area contributed by atoms with Crippen LogP contribution < -0.4 is 5.32 Å². The number of anilines is 2. The van der Waals surface area contributed by atoms with E-state index in [0.29, 0.717) is 0 Å². The van der Waals surface area contributed by atoms with Crippen molar-refractivity contribution in [1.82, 2.24) is 19.7 Å². The van der Waals surface area contributed by atoms with Gasteiger partial charge in [-0.2, -0.15) is 5.10 Å². The van der Waals surface area contributed by atoms with E-state index in [9.17, 15) is 0 Å². The number of hydrogen-bond acceptors (Lipinski definition) is 6. The maximum atomic E-state index is 5.79. The van der Waals surface area contributed by atoms with Gasteiger partial charge in [-0.25, -0.2) is 9.67 Å². The largest absolute Gasteiger partial charge is 0.389 e.